The molecule has 0 bridgehead atoms. The van der Waals surface area contributed by atoms with Crippen LogP contribution in [0.1, 0.15) is 10.6 Å². The average Bonchev–Trinajstić information content (AvgIpc) is 2.70. The largest absolute Gasteiger partial charge is 0.748 e. The van der Waals surface area contributed by atoms with Gasteiger partial charge in [-0.2, -0.15) is 4.28 Å². The molecule has 1 N–H and O–H groups in total. The molecule has 2 rings (SSSR count). The van der Waals surface area contributed by atoms with Gasteiger partial charge in [0.2, 0.25) is 5.76 Å². The molecule has 0 aliphatic rings. The Labute approximate surface area is 104 Å². The number of carboxylic acids is 1. The number of carbonyl (C=O) groups is 1. The van der Waals surface area contributed by atoms with E-state index in [4.69, 9.17) is 9.52 Å². The molecule has 18 heavy (non-hydrogen) atoms. The molecular formula is C10H8NO6S-. The maximum Gasteiger partial charge on any atom is 0.371 e. The lowest BCUT2D eigenvalue weighted by molar-refractivity contribution is 0.0665. The van der Waals surface area contributed by atoms with Gasteiger partial charge in [0.1, 0.15) is 16.9 Å². The lowest BCUT2D eigenvalue weighted by atomic mass is 10.2. The van der Waals surface area contributed by atoms with E-state index in [-0.39, 0.29) is 5.76 Å². The van der Waals surface area contributed by atoms with Crippen LogP contribution in [0.3, 0.4) is 0 Å². The first-order chi connectivity index (χ1) is 8.47. The molecule has 0 saturated carbocycles. The highest BCUT2D eigenvalue weighted by molar-refractivity contribution is 7.74. The Morgan fingerprint density at radius 3 is 2.83 bits per heavy atom. The molecule has 7 nitrogen and oxygen atoms in total. The van der Waals surface area contributed by atoms with Crippen LogP contribution < -0.4 is 5.06 Å². The molecule has 1 aromatic heterocycles. The van der Waals surface area contributed by atoms with Gasteiger partial charge in [0.25, 0.3) is 0 Å². The van der Waals surface area contributed by atoms with Crippen molar-refractivity contribution in [2.45, 2.75) is 0 Å². The Morgan fingerprint density at radius 1 is 1.50 bits per heavy atom. The van der Waals surface area contributed by atoms with Gasteiger partial charge in [-0.05, 0) is 24.3 Å². The van der Waals surface area contributed by atoms with E-state index in [0.29, 0.717) is 16.7 Å². The molecular weight excluding hydrogens is 262 g/mol. The molecule has 0 radical (unpaired) electrons. The van der Waals surface area contributed by atoms with Crippen LogP contribution in [0.15, 0.2) is 28.7 Å². The van der Waals surface area contributed by atoms with Crippen molar-refractivity contribution < 1.29 is 27.4 Å². The summed E-state index contributed by atoms with van der Waals surface area (Å²) in [4.78, 5) is 10.7. The Hall–Kier alpha value is -1.90. The second kappa shape index (κ2) is 4.77. The van der Waals surface area contributed by atoms with Crippen molar-refractivity contribution in [3.8, 4) is 0 Å². The van der Waals surface area contributed by atoms with Crippen molar-refractivity contribution in [3.05, 3.63) is 30.0 Å². The number of benzene rings is 1. The lowest BCUT2D eigenvalue weighted by Crippen LogP contribution is -2.18. The van der Waals surface area contributed by atoms with E-state index in [0.717, 1.165) is 5.06 Å². The average molecular weight is 270 g/mol. The first kappa shape index (κ1) is 12.6. The molecule has 1 atom stereocenters. The highest BCUT2D eigenvalue weighted by Gasteiger charge is 2.11. The Kier molecular flexibility index (Phi) is 3.32. The number of anilines is 1. The van der Waals surface area contributed by atoms with Crippen molar-refractivity contribution in [3.63, 3.8) is 0 Å². The summed E-state index contributed by atoms with van der Waals surface area (Å²) in [5.74, 6) is -1.35. The van der Waals surface area contributed by atoms with Gasteiger partial charge in [-0.15, -0.1) is 0 Å². The summed E-state index contributed by atoms with van der Waals surface area (Å²) in [6, 6.07) is 5.98. The predicted molar refractivity (Wildman–Crippen MR) is 61.6 cm³/mol. The molecule has 2 aromatic rings. The summed E-state index contributed by atoms with van der Waals surface area (Å²) in [5, 5.41) is 10.3. The molecule has 96 valence electrons. The van der Waals surface area contributed by atoms with Gasteiger partial charge in [-0.25, -0.2) is 14.1 Å². The second-order valence-electron chi connectivity index (χ2n) is 3.41. The first-order valence-electron chi connectivity index (χ1n) is 4.75. The fourth-order valence-corrected chi connectivity index (χ4v) is 1.73. The Bertz CT molecular complexity index is 622. The fourth-order valence-electron chi connectivity index (χ4n) is 1.47. The first-order valence-corrected chi connectivity index (χ1v) is 5.75. The number of aromatic carboxylic acids is 1. The number of rotatable bonds is 4. The van der Waals surface area contributed by atoms with Crippen LogP contribution >= 0.6 is 0 Å². The topological polar surface area (TPSA) is 103 Å². The molecule has 0 spiro atoms. The number of carboxylic acid groups (broad SMARTS) is 1. The molecule has 0 fully saturated rings. The van der Waals surface area contributed by atoms with Crippen LogP contribution in [-0.2, 0) is 15.6 Å². The van der Waals surface area contributed by atoms with Crippen molar-refractivity contribution in [2.75, 3.05) is 12.1 Å². The van der Waals surface area contributed by atoms with Gasteiger partial charge in [0.15, 0.2) is 0 Å². The van der Waals surface area contributed by atoms with Gasteiger partial charge in [-0.1, -0.05) is 0 Å². The minimum absolute atomic E-state index is 0.182. The standard InChI is InChI=1S/C10H9NO6S/c1-11(17-18(14)15)7-2-3-8-6(4-7)5-9(16-8)10(12)13/h2-5H,1H3,(H,12,13)(H,14,15)/p-1. The number of nitrogens with zero attached hydrogens (tertiary/aromatic N) is 1. The molecule has 1 unspecified atom stereocenters. The molecule has 1 heterocycles. The van der Waals surface area contributed by atoms with Crippen molar-refractivity contribution >= 4 is 34.0 Å². The summed E-state index contributed by atoms with van der Waals surface area (Å²) in [7, 11) is 1.41. The van der Waals surface area contributed by atoms with Crippen LogP contribution in [0.4, 0.5) is 5.69 Å². The zero-order valence-electron chi connectivity index (χ0n) is 9.15. The number of furan rings is 1. The minimum Gasteiger partial charge on any atom is -0.748 e. The van der Waals surface area contributed by atoms with Crippen LogP contribution in [-0.4, -0.2) is 26.9 Å². The van der Waals surface area contributed by atoms with E-state index in [2.05, 4.69) is 4.28 Å². The third-order valence-corrected chi connectivity index (χ3v) is 2.59. The van der Waals surface area contributed by atoms with Crippen molar-refractivity contribution in [1.29, 1.82) is 0 Å². The SMILES string of the molecule is CN(OS(=O)[O-])c1ccc2oc(C(=O)O)cc2c1. The zero-order chi connectivity index (χ0) is 13.3. The molecule has 0 aliphatic heterocycles. The normalized spacial score (nSPS) is 12.6. The minimum atomic E-state index is -2.67. The summed E-state index contributed by atoms with van der Waals surface area (Å²) < 4.78 is 30.3. The molecule has 0 aliphatic carbocycles. The smallest absolute Gasteiger partial charge is 0.371 e. The van der Waals surface area contributed by atoms with Crippen LogP contribution in [0.25, 0.3) is 11.0 Å². The van der Waals surface area contributed by atoms with E-state index < -0.39 is 17.3 Å². The van der Waals surface area contributed by atoms with E-state index >= 15 is 0 Å². The maximum atomic E-state index is 10.7. The molecule has 1 aromatic carbocycles. The van der Waals surface area contributed by atoms with Crippen LogP contribution in [0.2, 0.25) is 0 Å². The van der Waals surface area contributed by atoms with E-state index in [1.54, 1.807) is 12.1 Å². The summed E-state index contributed by atoms with van der Waals surface area (Å²) in [6.07, 6.45) is 0. The third kappa shape index (κ3) is 2.50. The van der Waals surface area contributed by atoms with Crippen LogP contribution in [0.5, 0.6) is 0 Å². The quantitative estimate of drug-likeness (QED) is 0.659. The fraction of sp³-hybridized carbons (Fsp3) is 0.100. The van der Waals surface area contributed by atoms with Gasteiger partial charge in [0.05, 0.1) is 5.69 Å². The number of fused-ring (bicyclic) bond motifs is 1. The summed E-state index contributed by atoms with van der Waals surface area (Å²) in [6.45, 7) is 0. The van der Waals surface area contributed by atoms with Crippen molar-refractivity contribution in [1.82, 2.24) is 0 Å². The van der Waals surface area contributed by atoms with Crippen molar-refractivity contribution in [2.24, 2.45) is 0 Å². The number of hydrogen-bond acceptors (Lipinski definition) is 6. The van der Waals surface area contributed by atoms with Gasteiger partial charge >= 0.3 is 5.97 Å². The highest BCUT2D eigenvalue weighted by atomic mass is 32.2. The summed E-state index contributed by atoms with van der Waals surface area (Å²) in [5.41, 5.74) is 0.845. The van der Waals surface area contributed by atoms with E-state index in [1.807, 2.05) is 0 Å². The zero-order valence-corrected chi connectivity index (χ0v) is 9.97. The highest BCUT2D eigenvalue weighted by Crippen LogP contribution is 2.25. The monoisotopic (exact) mass is 270 g/mol. The Balaban J connectivity index is 2.37. The van der Waals surface area contributed by atoms with E-state index in [1.165, 1.54) is 19.2 Å². The lowest BCUT2D eigenvalue weighted by Gasteiger charge is -2.18. The predicted octanol–water partition coefficient (Wildman–Crippen LogP) is 1.29. The molecule has 0 saturated heterocycles. The maximum absolute atomic E-state index is 10.7. The Morgan fingerprint density at radius 2 is 2.22 bits per heavy atom. The third-order valence-electron chi connectivity index (χ3n) is 2.25. The molecule has 0 amide bonds. The summed E-state index contributed by atoms with van der Waals surface area (Å²) >= 11 is -2.67. The van der Waals surface area contributed by atoms with Gasteiger partial charge in [0, 0.05) is 12.4 Å². The number of hydroxylamine groups is 1. The van der Waals surface area contributed by atoms with Crippen LogP contribution in [0, 0.1) is 0 Å². The second-order valence-corrected chi connectivity index (χ2v) is 3.97. The van der Waals surface area contributed by atoms with Gasteiger partial charge in [-0.3, -0.25) is 0 Å². The van der Waals surface area contributed by atoms with Gasteiger partial charge < -0.3 is 14.1 Å². The molecule has 8 heteroatoms. The van der Waals surface area contributed by atoms with E-state index in [9.17, 15) is 13.6 Å². The number of hydrogen-bond donors (Lipinski definition) is 1.